The fourth-order valence-electron chi connectivity index (χ4n) is 2.94. The quantitative estimate of drug-likeness (QED) is 0.675. The summed E-state index contributed by atoms with van der Waals surface area (Å²) in [6.07, 6.45) is 0.825. The molecule has 1 saturated heterocycles. The number of ether oxygens (including phenoxy) is 2. The molecule has 2 N–H and O–H groups in total. The summed E-state index contributed by atoms with van der Waals surface area (Å²) in [6, 6.07) is 4.00. The van der Waals surface area contributed by atoms with Crippen LogP contribution in [0.25, 0.3) is 11.3 Å². The number of nitrogens with zero attached hydrogens (tertiary/aromatic N) is 2. The Balaban J connectivity index is 1.69. The van der Waals surface area contributed by atoms with Gasteiger partial charge in [-0.15, -0.1) is 0 Å². The molecule has 0 radical (unpaired) electrons. The molecule has 2 heterocycles. The van der Waals surface area contributed by atoms with E-state index in [2.05, 4.69) is 15.4 Å². The molecule has 9 heteroatoms. The zero-order valence-corrected chi connectivity index (χ0v) is 15.0. The van der Waals surface area contributed by atoms with Gasteiger partial charge in [0, 0.05) is 25.2 Å². The molecule has 0 atom stereocenters. The van der Waals surface area contributed by atoms with Crippen molar-refractivity contribution in [1.29, 1.82) is 0 Å². The number of hydrogen-bond donors (Lipinski definition) is 2. The third-order valence-corrected chi connectivity index (χ3v) is 4.37. The van der Waals surface area contributed by atoms with Gasteiger partial charge in [-0.05, 0) is 31.2 Å². The van der Waals surface area contributed by atoms with Crippen molar-refractivity contribution in [3.8, 4) is 17.1 Å². The van der Waals surface area contributed by atoms with E-state index in [4.69, 9.17) is 14.0 Å². The first-order chi connectivity index (χ1) is 13.1. The van der Waals surface area contributed by atoms with Crippen molar-refractivity contribution >= 4 is 11.8 Å². The van der Waals surface area contributed by atoms with Crippen LogP contribution < -0.4 is 10.1 Å². The van der Waals surface area contributed by atoms with Gasteiger partial charge >= 0.3 is 5.97 Å². The number of carboxylic acids is 1. The van der Waals surface area contributed by atoms with Crippen molar-refractivity contribution < 1.29 is 28.3 Å². The van der Waals surface area contributed by atoms with Crippen LogP contribution in [0, 0.1) is 5.82 Å². The number of anilines is 1. The number of methoxy groups -OCH3 is 1. The van der Waals surface area contributed by atoms with Gasteiger partial charge in [0.25, 0.3) is 0 Å². The molecule has 146 valence electrons. The average molecular weight is 379 g/mol. The van der Waals surface area contributed by atoms with Crippen molar-refractivity contribution in [1.82, 2.24) is 10.1 Å². The number of aromatic nitrogens is 1. The molecule has 0 aliphatic carbocycles. The minimum Gasteiger partial charge on any atom is -0.494 e. The molecule has 27 heavy (non-hydrogen) atoms. The third-order valence-electron chi connectivity index (χ3n) is 4.37. The lowest BCUT2D eigenvalue weighted by Gasteiger charge is -2.26. The van der Waals surface area contributed by atoms with Crippen molar-refractivity contribution in [2.45, 2.75) is 6.42 Å². The van der Waals surface area contributed by atoms with Crippen LogP contribution in [0.3, 0.4) is 0 Å². The van der Waals surface area contributed by atoms with Crippen LogP contribution in [0.1, 0.15) is 16.8 Å². The van der Waals surface area contributed by atoms with Crippen LogP contribution in [0.15, 0.2) is 22.7 Å². The Morgan fingerprint density at radius 1 is 1.41 bits per heavy atom. The second kappa shape index (κ2) is 8.83. The minimum atomic E-state index is -1.18. The van der Waals surface area contributed by atoms with Gasteiger partial charge in [0.2, 0.25) is 0 Å². The van der Waals surface area contributed by atoms with E-state index in [9.17, 15) is 14.3 Å². The standard InChI is InChI=1S/C18H22FN3O5/c1-25-14-11-12(3-4-13(14)19)16-15(18(23)24)17(21-27-16)20-5-2-6-22-7-9-26-10-8-22/h3-4,11H,2,5-10H2,1H3,(H,20,21)(H,23,24). The smallest absolute Gasteiger partial charge is 0.343 e. The highest BCUT2D eigenvalue weighted by Gasteiger charge is 2.24. The van der Waals surface area contributed by atoms with Gasteiger partial charge in [0.05, 0.1) is 20.3 Å². The maximum Gasteiger partial charge on any atom is 0.343 e. The fraction of sp³-hybridized carbons (Fsp3) is 0.444. The summed E-state index contributed by atoms with van der Waals surface area (Å²) in [5.41, 5.74) is 0.287. The van der Waals surface area contributed by atoms with Gasteiger partial charge in [0.1, 0.15) is 0 Å². The van der Waals surface area contributed by atoms with Crippen molar-refractivity contribution in [2.75, 3.05) is 51.8 Å². The number of nitrogens with one attached hydrogen (secondary N) is 1. The minimum absolute atomic E-state index is 0.000240. The summed E-state index contributed by atoms with van der Waals surface area (Å²) < 4.78 is 29.1. The van der Waals surface area contributed by atoms with Crippen LogP contribution in [0.5, 0.6) is 5.75 Å². The van der Waals surface area contributed by atoms with E-state index in [0.717, 1.165) is 39.3 Å². The lowest BCUT2D eigenvalue weighted by atomic mass is 10.1. The van der Waals surface area contributed by atoms with E-state index in [-0.39, 0.29) is 22.9 Å². The zero-order valence-electron chi connectivity index (χ0n) is 15.0. The van der Waals surface area contributed by atoms with E-state index < -0.39 is 11.8 Å². The molecule has 1 aromatic heterocycles. The van der Waals surface area contributed by atoms with Crippen molar-refractivity contribution in [2.24, 2.45) is 0 Å². The Hall–Kier alpha value is -2.65. The predicted molar refractivity (Wildman–Crippen MR) is 95.8 cm³/mol. The topological polar surface area (TPSA) is 97.1 Å². The number of morpholine rings is 1. The molecule has 1 fully saturated rings. The molecule has 0 bridgehead atoms. The highest BCUT2D eigenvalue weighted by atomic mass is 19.1. The number of aromatic carboxylic acids is 1. The summed E-state index contributed by atoms with van der Waals surface area (Å²) in [5.74, 6) is -1.51. The van der Waals surface area contributed by atoms with Gasteiger partial charge in [-0.3, -0.25) is 4.90 Å². The molecule has 2 aromatic rings. The van der Waals surface area contributed by atoms with Gasteiger partial charge in [-0.1, -0.05) is 5.16 Å². The van der Waals surface area contributed by atoms with E-state index >= 15 is 0 Å². The summed E-state index contributed by atoms with van der Waals surface area (Å²) in [6.45, 7) is 4.73. The Bertz CT molecular complexity index is 789. The molecule has 0 unspecified atom stereocenters. The number of benzene rings is 1. The molecule has 1 aromatic carbocycles. The molecule has 3 rings (SSSR count). The molecule has 8 nitrogen and oxygen atoms in total. The number of halogens is 1. The van der Waals surface area contributed by atoms with Crippen LogP contribution in [0.4, 0.5) is 10.2 Å². The van der Waals surface area contributed by atoms with Crippen LogP contribution in [-0.2, 0) is 4.74 Å². The SMILES string of the molecule is COc1cc(-c2onc(NCCCN3CCOCC3)c2C(=O)O)ccc1F. The molecule has 1 aliphatic rings. The largest absolute Gasteiger partial charge is 0.494 e. The van der Waals surface area contributed by atoms with E-state index in [1.165, 1.54) is 25.3 Å². The van der Waals surface area contributed by atoms with Crippen molar-refractivity contribution in [3.05, 3.63) is 29.6 Å². The maximum absolute atomic E-state index is 13.6. The number of hydrogen-bond acceptors (Lipinski definition) is 7. The highest BCUT2D eigenvalue weighted by molar-refractivity contribution is 5.99. The first kappa shape index (κ1) is 19.1. The zero-order chi connectivity index (χ0) is 19.2. The highest BCUT2D eigenvalue weighted by Crippen LogP contribution is 2.32. The average Bonchev–Trinajstić information content (AvgIpc) is 3.10. The maximum atomic E-state index is 13.6. The first-order valence-corrected chi connectivity index (χ1v) is 8.71. The third kappa shape index (κ3) is 4.55. The van der Waals surface area contributed by atoms with Crippen molar-refractivity contribution in [3.63, 3.8) is 0 Å². The molecule has 0 saturated carbocycles. The monoisotopic (exact) mass is 379 g/mol. The van der Waals surface area contributed by atoms with E-state index in [0.29, 0.717) is 12.1 Å². The molecular formula is C18H22FN3O5. The Kier molecular flexibility index (Phi) is 6.25. The predicted octanol–water partition coefficient (Wildman–Crippen LogP) is 2.32. The lowest BCUT2D eigenvalue weighted by molar-refractivity contribution is 0.0378. The van der Waals surface area contributed by atoms with Gasteiger partial charge in [-0.25, -0.2) is 9.18 Å². The van der Waals surface area contributed by atoms with Crippen LogP contribution in [-0.4, -0.2) is 67.6 Å². The summed E-state index contributed by atoms with van der Waals surface area (Å²) in [5, 5.41) is 16.4. The molecule has 1 aliphatic heterocycles. The Morgan fingerprint density at radius 2 is 2.19 bits per heavy atom. The van der Waals surface area contributed by atoms with Gasteiger partial charge in [0.15, 0.2) is 28.7 Å². The first-order valence-electron chi connectivity index (χ1n) is 8.71. The lowest BCUT2D eigenvalue weighted by Crippen LogP contribution is -2.37. The normalized spacial score (nSPS) is 14.9. The summed E-state index contributed by atoms with van der Waals surface area (Å²) in [7, 11) is 1.34. The summed E-state index contributed by atoms with van der Waals surface area (Å²) in [4.78, 5) is 14.0. The molecular weight excluding hydrogens is 357 g/mol. The molecule has 0 spiro atoms. The van der Waals surface area contributed by atoms with E-state index in [1.807, 2.05) is 0 Å². The van der Waals surface area contributed by atoms with E-state index in [1.54, 1.807) is 0 Å². The van der Waals surface area contributed by atoms with Gasteiger partial charge < -0.3 is 24.4 Å². The van der Waals surface area contributed by atoms with Crippen LogP contribution in [0.2, 0.25) is 0 Å². The number of rotatable bonds is 8. The second-order valence-electron chi connectivity index (χ2n) is 6.12. The van der Waals surface area contributed by atoms with Crippen LogP contribution >= 0.6 is 0 Å². The number of carboxylic acid groups (broad SMARTS) is 1. The number of carbonyl (C=O) groups is 1. The molecule has 0 amide bonds. The Labute approximate surface area is 155 Å². The Morgan fingerprint density at radius 3 is 2.89 bits per heavy atom. The fourth-order valence-corrected chi connectivity index (χ4v) is 2.94. The second-order valence-corrected chi connectivity index (χ2v) is 6.12. The summed E-state index contributed by atoms with van der Waals surface area (Å²) >= 11 is 0. The van der Waals surface area contributed by atoms with Gasteiger partial charge in [-0.2, -0.15) is 0 Å².